The monoisotopic (exact) mass is 359 g/mol. The Kier molecular flexibility index (Phi) is 3.71. The van der Waals surface area contributed by atoms with Crippen molar-refractivity contribution in [3.05, 3.63) is 57.3 Å². The van der Waals surface area contributed by atoms with E-state index in [1.807, 2.05) is 47.9 Å². The number of benzene rings is 1. The number of imidazole rings is 1. The predicted octanol–water partition coefficient (Wildman–Crippen LogP) is 4.79. The second kappa shape index (κ2) is 5.51. The SMILES string of the molecule is Cc1cc(Br)cn2c(CC#N)c(-c3ccc(Cl)cc3)nc12. The summed E-state index contributed by atoms with van der Waals surface area (Å²) >= 11 is 9.44. The van der Waals surface area contributed by atoms with Crippen molar-refractivity contribution >= 4 is 33.2 Å². The Labute approximate surface area is 135 Å². The van der Waals surface area contributed by atoms with E-state index in [0.717, 1.165) is 32.6 Å². The molecule has 0 radical (unpaired) electrons. The van der Waals surface area contributed by atoms with E-state index in [9.17, 15) is 0 Å². The minimum atomic E-state index is 0.301. The van der Waals surface area contributed by atoms with Crippen LogP contribution >= 0.6 is 27.5 Å². The van der Waals surface area contributed by atoms with Crippen LogP contribution in [0.3, 0.4) is 0 Å². The maximum atomic E-state index is 9.13. The molecule has 2 heterocycles. The van der Waals surface area contributed by atoms with Crippen LogP contribution in [0.4, 0.5) is 0 Å². The van der Waals surface area contributed by atoms with Crippen LogP contribution in [-0.4, -0.2) is 9.38 Å². The van der Waals surface area contributed by atoms with Gasteiger partial charge in [-0.2, -0.15) is 5.26 Å². The zero-order valence-electron chi connectivity index (χ0n) is 11.3. The van der Waals surface area contributed by atoms with Crippen LogP contribution in [-0.2, 0) is 6.42 Å². The molecule has 0 atom stereocenters. The molecule has 3 aromatic rings. The molecular formula is C16H11BrClN3. The Balaban J connectivity index is 2.32. The standard InChI is InChI=1S/C16H11BrClN3/c1-10-8-12(17)9-21-14(6-7-19)15(20-16(10)21)11-2-4-13(18)5-3-11/h2-5,8-9H,6H2,1H3. The van der Waals surface area contributed by atoms with Gasteiger partial charge in [-0.1, -0.05) is 23.7 Å². The van der Waals surface area contributed by atoms with E-state index >= 15 is 0 Å². The summed E-state index contributed by atoms with van der Waals surface area (Å²) in [6.45, 7) is 2.01. The summed E-state index contributed by atoms with van der Waals surface area (Å²) in [5, 5.41) is 9.81. The molecule has 3 rings (SSSR count). The van der Waals surface area contributed by atoms with Crippen molar-refractivity contribution in [1.29, 1.82) is 5.26 Å². The largest absolute Gasteiger partial charge is 0.301 e. The first-order valence-corrected chi connectivity index (χ1v) is 7.57. The molecule has 1 aromatic carbocycles. The number of fused-ring (bicyclic) bond motifs is 1. The third kappa shape index (κ3) is 2.55. The van der Waals surface area contributed by atoms with Crippen molar-refractivity contribution < 1.29 is 0 Å². The molecule has 0 aliphatic heterocycles. The lowest BCUT2D eigenvalue weighted by molar-refractivity contribution is 1.04. The van der Waals surface area contributed by atoms with Gasteiger partial charge in [-0.05, 0) is 46.6 Å². The summed E-state index contributed by atoms with van der Waals surface area (Å²) in [6, 6.07) is 11.8. The molecule has 0 amide bonds. The number of nitriles is 1. The predicted molar refractivity (Wildman–Crippen MR) is 87.4 cm³/mol. The lowest BCUT2D eigenvalue weighted by atomic mass is 10.1. The molecule has 104 valence electrons. The molecule has 0 spiro atoms. The van der Waals surface area contributed by atoms with Crippen molar-refractivity contribution in [2.24, 2.45) is 0 Å². The van der Waals surface area contributed by atoms with Crippen LogP contribution in [0.1, 0.15) is 11.3 Å². The van der Waals surface area contributed by atoms with E-state index in [0.29, 0.717) is 11.4 Å². The van der Waals surface area contributed by atoms with Crippen molar-refractivity contribution in [3.63, 3.8) is 0 Å². The van der Waals surface area contributed by atoms with Crippen LogP contribution in [0, 0.1) is 18.3 Å². The molecule has 3 nitrogen and oxygen atoms in total. The van der Waals surface area contributed by atoms with Crippen LogP contribution < -0.4 is 0 Å². The topological polar surface area (TPSA) is 41.1 Å². The number of nitrogens with zero attached hydrogens (tertiary/aromatic N) is 3. The lowest BCUT2D eigenvalue weighted by Crippen LogP contribution is -1.94. The van der Waals surface area contributed by atoms with Gasteiger partial charge in [-0.25, -0.2) is 4.98 Å². The van der Waals surface area contributed by atoms with Gasteiger partial charge >= 0.3 is 0 Å². The van der Waals surface area contributed by atoms with Crippen LogP contribution in [0.5, 0.6) is 0 Å². The fourth-order valence-corrected chi connectivity index (χ4v) is 3.07. The fraction of sp³-hybridized carbons (Fsp3) is 0.125. The summed E-state index contributed by atoms with van der Waals surface area (Å²) in [6.07, 6.45) is 2.25. The number of rotatable bonds is 2. The van der Waals surface area contributed by atoms with Crippen LogP contribution in [0.2, 0.25) is 5.02 Å². The van der Waals surface area contributed by atoms with E-state index in [-0.39, 0.29) is 0 Å². The molecule has 0 unspecified atom stereocenters. The molecule has 0 aliphatic carbocycles. The number of hydrogen-bond acceptors (Lipinski definition) is 2. The van der Waals surface area contributed by atoms with E-state index in [1.54, 1.807) is 0 Å². The Bertz CT molecular complexity index is 860. The third-order valence-corrected chi connectivity index (χ3v) is 4.02. The molecule has 21 heavy (non-hydrogen) atoms. The van der Waals surface area contributed by atoms with Crippen LogP contribution in [0.25, 0.3) is 16.9 Å². The van der Waals surface area contributed by atoms with Crippen molar-refractivity contribution in [1.82, 2.24) is 9.38 Å². The number of aryl methyl sites for hydroxylation is 1. The van der Waals surface area contributed by atoms with Crippen molar-refractivity contribution in [2.75, 3.05) is 0 Å². The minimum Gasteiger partial charge on any atom is -0.301 e. The molecule has 0 bridgehead atoms. The minimum absolute atomic E-state index is 0.301. The van der Waals surface area contributed by atoms with E-state index in [2.05, 4.69) is 22.0 Å². The summed E-state index contributed by atoms with van der Waals surface area (Å²) < 4.78 is 2.94. The molecule has 5 heteroatoms. The number of aromatic nitrogens is 2. The van der Waals surface area contributed by atoms with Gasteiger partial charge in [0.05, 0.1) is 23.9 Å². The Morgan fingerprint density at radius 3 is 2.71 bits per heavy atom. The van der Waals surface area contributed by atoms with Gasteiger partial charge in [0.2, 0.25) is 0 Å². The van der Waals surface area contributed by atoms with Gasteiger partial charge in [-0.3, -0.25) is 0 Å². The normalized spacial score (nSPS) is 10.8. The highest BCUT2D eigenvalue weighted by atomic mass is 79.9. The average Bonchev–Trinajstić information content (AvgIpc) is 2.80. The van der Waals surface area contributed by atoms with Gasteiger partial charge in [0.1, 0.15) is 5.65 Å². The highest BCUT2D eigenvalue weighted by Gasteiger charge is 2.15. The number of hydrogen-bond donors (Lipinski definition) is 0. The zero-order valence-corrected chi connectivity index (χ0v) is 13.6. The Hall–Kier alpha value is -1.83. The summed E-state index contributed by atoms with van der Waals surface area (Å²) in [4.78, 5) is 4.72. The van der Waals surface area contributed by atoms with Gasteiger partial charge in [0.15, 0.2) is 0 Å². The summed E-state index contributed by atoms with van der Waals surface area (Å²) in [5.41, 5.74) is 4.61. The summed E-state index contributed by atoms with van der Waals surface area (Å²) in [7, 11) is 0. The molecule has 0 saturated heterocycles. The molecule has 2 aromatic heterocycles. The first-order valence-electron chi connectivity index (χ1n) is 6.40. The third-order valence-electron chi connectivity index (χ3n) is 3.33. The molecule has 0 aliphatic rings. The summed E-state index contributed by atoms with van der Waals surface area (Å²) in [5.74, 6) is 0. The zero-order chi connectivity index (χ0) is 15.0. The first-order chi connectivity index (χ1) is 10.1. The number of pyridine rings is 1. The van der Waals surface area contributed by atoms with Crippen molar-refractivity contribution in [3.8, 4) is 17.3 Å². The average molecular weight is 361 g/mol. The van der Waals surface area contributed by atoms with E-state index < -0.39 is 0 Å². The number of halogens is 2. The van der Waals surface area contributed by atoms with Crippen LogP contribution in [0.15, 0.2) is 41.0 Å². The quantitative estimate of drug-likeness (QED) is 0.659. The van der Waals surface area contributed by atoms with Gasteiger partial charge in [-0.15, -0.1) is 0 Å². The highest BCUT2D eigenvalue weighted by Crippen LogP contribution is 2.28. The second-order valence-electron chi connectivity index (χ2n) is 4.78. The first kappa shape index (κ1) is 14.1. The Morgan fingerprint density at radius 1 is 1.33 bits per heavy atom. The van der Waals surface area contributed by atoms with Crippen molar-refractivity contribution in [2.45, 2.75) is 13.3 Å². The van der Waals surface area contributed by atoms with Gasteiger partial charge in [0.25, 0.3) is 0 Å². The lowest BCUT2D eigenvalue weighted by Gasteiger charge is -2.03. The fourth-order valence-electron chi connectivity index (χ4n) is 2.40. The van der Waals surface area contributed by atoms with E-state index in [1.165, 1.54) is 0 Å². The highest BCUT2D eigenvalue weighted by molar-refractivity contribution is 9.10. The maximum absolute atomic E-state index is 9.13. The maximum Gasteiger partial charge on any atom is 0.140 e. The van der Waals surface area contributed by atoms with Gasteiger partial charge in [0, 0.05) is 21.3 Å². The smallest absolute Gasteiger partial charge is 0.140 e. The molecular weight excluding hydrogens is 350 g/mol. The van der Waals surface area contributed by atoms with Gasteiger partial charge < -0.3 is 4.40 Å². The molecule has 0 saturated carbocycles. The molecule has 0 fully saturated rings. The Morgan fingerprint density at radius 2 is 2.05 bits per heavy atom. The second-order valence-corrected chi connectivity index (χ2v) is 6.14. The van der Waals surface area contributed by atoms with E-state index in [4.69, 9.17) is 21.8 Å². The molecule has 0 N–H and O–H groups in total.